The Labute approximate surface area is 150 Å². The van der Waals surface area contributed by atoms with Crippen LogP contribution in [0.5, 0.6) is 0 Å². The van der Waals surface area contributed by atoms with Crippen LogP contribution in [0, 0.1) is 6.92 Å². The summed E-state index contributed by atoms with van der Waals surface area (Å²) in [7, 11) is 2.04. The van der Waals surface area contributed by atoms with Crippen LogP contribution in [0.3, 0.4) is 0 Å². The summed E-state index contributed by atoms with van der Waals surface area (Å²) in [6.07, 6.45) is 7.92. The van der Waals surface area contributed by atoms with Crippen molar-refractivity contribution in [3.63, 3.8) is 0 Å². The van der Waals surface area contributed by atoms with Gasteiger partial charge in [0.25, 0.3) is 0 Å². The van der Waals surface area contributed by atoms with Crippen LogP contribution in [0.25, 0.3) is 22.6 Å². The van der Waals surface area contributed by atoms with Crippen LogP contribution in [-0.4, -0.2) is 43.7 Å². The number of nitrogens with one attached hydrogen (secondary N) is 2. The Morgan fingerprint density at radius 1 is 1.19 bits per heavy atom. The molecule has 8 nitrogen and oxygen atoms in total. The Hall–Kier alpha value is -3.16. The minimum Gasteiger partial charge on any atom is -0.463 e. The third-order valence-electron chi connectivity index (χ3n) is 4.56. The zero-order valence-electron chi connectivity index (χ0n) is 14.9. The van der Waals surface area contributed by atoms with Gasteiger partial charge in [0.05, 0.1) is 12.6 Å². The van der Waals surface area contributed by atoms with Gasteiger partial charge in [-0.2, -0.15) is 5.10 Å². The first-order valence-electron chi connectivity index (χ1n) is 8.67. The van der Waals surface area contributed by atoms with Crippen LogP contribution in [0.15, 0.2) is 35.5 Å². The SMILES string of the molecule is Cc1[nH]nc(-c2ccco2)c1CCCCN(C)c1ncnc2nc[nH]c12. The first kappa shape index (κ1) is 16.3. The second-order valence-corrected chi connectivity index (χ2v) is 6.33. The lowest BCUT2D eigenvalue weighted by Crippen LogP contribution is -2.20. The highest BCUT2D eigenvalue weighted by molar-refractivity contribution is 5.82. The van der Waals surface area contributed by atoms with E-state index >= 15 is 0 Å². The number of imidazole rings is 1. The molecule has 0 amide bonds. The maximum absolute atomic E-state index is 5.49. The van der Waals surface area contributed by atoms with E-state index in [-0.39, 0.29) is 0 Å². The van der Waals surface area contributed by atoms with Gasteiger partial charge in [-0.3, -0.25) is 5.10 Å². The standard InChI is InChI=1S/C18H21N7O/c1-12-13(15(24-23-12)14-7-5-9-26-14)6-3-4-8-25(2)18-16-17(20-10-19-16)21-11-22-18/h5,7,9-11H,3-4,6,8H2,1-2H3,(H,23,24)(H,19,20,21,22). The predicted molar refractivity (Wildman–Crippen MR) is 98.9 cm³/mol. The Morgan fingerprint density at radius 2 is 2.12 bits per heavy atom. The molecule has 0 spiro atoms. The molecule has 0 radical (unpaired) electrons. The number of hydrogen-bond acceptors (Lipinski definition) is 6. The molecule has 4 aromatic rings. The number of hydrogen-bond donors (Lipinski definition) is 2. The van der Waals surface area contributed by atoms with E-state index in [2.05, 4.69) is 42.0 Å². The lowest BCUT2D eigenvalue weighted by atomic mass is 10.0. The van der Waals surface area contributed by atoms with Gasteiger partial charge in [0, 0.05) is 24.8 Å². The van der Waals surface area contributed by atoms with Crippen molar-refractivity contribution in [2.75, 3.05) is 18.5 Å². The van der Waals surface area contributed by atoms with Gasteiger partial charge in [0.2, 0.25) is 0 Å². The topological polar surface area (TPSA) is 99.5 Å². The van der Waals surface area contributed by atoms with E-state index in [9.17, 15) is 0 Å². The van der Waals surface area contributed by atoms with E-state index in [4.69, 9.17) is 4.42 Å². The summed E-state index contributed by atoms with van der Waals surface area (Å²) in [6.45, 7) is 2.95. The van der Waals surface area contributed by atoms with Gasteiger partial charge in [0.15, 0.2) is 17.2 Å². The number of nitrogens with zero attached hydrogens (tertiary/aromatic N) is 5. The van der Waals surface area contributed by atoms with Crippen molar-refractivity contribution in [1.29, 1.82) is 0 Å². The molecule has 4 aromatic heterocycles. The minimum atomic E-state index is 0.693. The van der Waals surface area contributed by atoms with Gasteiger partial charge >= 0.3 is 0 Å². The maximum Gasteiger partial charge on any atom is 0.182 e. The monoisotopic (exact) mass is 351 g/mol. The highest BCUT2D eigenvalue weighted by Crippen LogP contribution is 2.25. The highest BCUT2D eigenvalue weighted by Gasteiger charge is 2.15. The van der Waals surface area contributed by atoms with Gasteiger partial charge in [-0.15, -0.1) is 0 Å². The molecule has 0 aliphatic rings. The van der Waals surface area contributed by atoms with Crippen LogP contribution < -0.4 is 4.90 Å². The predicted octanol–water partition coefficient (Wildman–Crippen LogP) is 3.10. The van der Waals surface area contributed by atoms with Gasteiger partial charge in [-0.05, 0) is 38.3 Å². The molecule has 0 aliphatic carbocycles. The third kappa shape index (κ3) is 3.05. The maximum atomic E-state index is 5.49. The average Bonchev–Trinajstić information content (AvgIpc) is 3.39. The van der Waals surface area contributed by atoms with E-state index in [1.807, 2.05) is 19.2 Å². The first-order chi connectivity index (χ1) is 12.7. The molecule has 0 unspecified atom stereocenters. The quantitative estimate of drug-likeness (QED) is 0.496. The number of H-pyrrole nitrogens is 2. The van der Waals surface area contributed by atoms with E-state index in [0.717, 1.165) is 54.3 Å². The lowest BCUT2D eigenvalue weighted by Gasteiger charge is -2.18. The Kier molecular flexibility index (Phi) is 4.39. The van der Waals surface area contributed by atoms with Gasteiger partial charge < -0.3 is 14.3 Å². The fourth-order valence-corrected chi connectivity index (χ4v) is 3.17. The molecule has 0 fully saturated rings. The zero-order valence-corrected chi connectivity index (χ0v) is 14.9. The molecule has 0 saturated heterocycles. The van der Waals surface area contributed by atoms with Crippen molar-refractivity contribution in [3.05, 3.63) is 42.3 Å². The molecule has 0 atom stereocenters. The Bertz CT molecular complexity index is 986. The number of aromatic amines is 2. The molecular weight excluding hydrogens is 330 g/mol. The van der Waals surface area contributed by atoms with Crippen LogP contribution >= 0.6 is 0 Å². The number of unbranched alkanes of at least 4 members (excludes halogenated alkanes) is 1. The number of rotatable bonds is 7. The van der Waals surface area contributed by atoms with Crippen LogP contribution in [-0.2, 0) is 6.42 Å². The van der Waals surface area contributed by atoms with Crippen molar-refractivity contribution in [2.45, 2.75) is 26.2 Å². The van der Waals surface area contributed by atoms with E-state index in [1.54, 1.807) is 18.9 Å². The molecule has 0 bridgehead atoms. The van der Waals surface area contributed by atoms with E-state index in [1.165, 1.54) is 5.56 Å². The van der Waals surface area contributed by atoms with Crippen LogP contribution in [0.1, 0.15) is 24.1 Å². The van der Waals surface area contributed by atoms with Crippen molar-refractivity contribution in [2.24, 2.45) is 0 Å². The summed E-state index contributed by atoms with van der Waals surface area (Å²) in [5.74, 6) is 1.69. The summed E-state index contributed by atoms with van der Waals surface area (Å²) >= 11 is 0. The molecule has 26 heavy (non-hydrogen) atoms. The average molecular weight is 351 g/mol. The lowest BCUT2D eigenvalue weighted by molar-refractivity contribution is 0.578. The second-order valence-electron chi connectivity index (χ2n) is 6.33. The van der Waals surface area contributed by atoms with Crippen LogP contribution in [0.2, 0.25) is 0 Å². The summed E-state index contributed by atoms with van der Waals surface area (Å²) in [6, 6.07) is 3.83. The molecule has 8 heteroatoms. The molecule has 4 rings (SSSR count). The molecule has 0 saturated carbocycles. The van der Waals surface area contributed by atoms with Gasteiger partial charge in [0.1, 0.15) is 17.5 Å². The smallest absolute Gasteiger partial charge is 0.182 e. The van der Waals surface area contributed by atoms with E-state index < -0.39 is 0 Å². The number of aryl methyl sites for hydroxylation is 1. The molecule has 2 N–H and O–H groups in total. The van der Waals surface area contributed by atoms with Gasteiger partial charge in [-0.25, -0.2) is 15.0 Å². The van der Waals surface area contributed by atoms with E-state index in [0.29, 0.717) is 5.65 Å². The Balaban J connectivity index is 1.37. The van der Waals surface area contributed by atoms with Gasteiger partial charge in [-0.1, -0.05) is 0 Å². The Morgan fingerprint density at radius 3 is 2.96 bits per heavy atom. The van der Waals surface area contributed by atoms with Crippen LogP contribution in [0.4, 0.5) is 5.82 Å². The second kappa shape index (κ2) is 6.99. The number of aromatic nitrogens is 6. The summed E-state index contributed by atoms with van der Waals surface area (Å²) in [5, 5.41) is 7.46. The summed E-state index contributed by atoms with van der Waals surface area (Å²) in [4.78, 5) is 18.0. The molecule has 134 valence electrons. The number of fused-ring (bicyclic) bond motifs is 1. The van der Waals surface area contributed by atoms with Crippen molar-refractivity contribution in [1.82, 2.24) is 30.1 Å². The molecule has 0 aliphatic heterocycles. The molecular formula is C18H21N7O. The third-order valence-corrected chi connectivity index (χ3v) is 4.56. The number of furan rings is 1. The van der Waals surface area contributed by atoms with Crippen molar-refractivity contribution in [3.8, 4) is 11.5 Å². The largest absolute Gasteiger partial charge is 0.463 e. The summed E-state index contributed by atoms with van der Waals surface area (Å²) in [5.41, 5.74) is 4.80. The number of anilines is 1. The zero-order chi connectivity index (χ0) is 17.9. The van der Waals surface area contributed by atoms with Crippen molar-refractivity contribution >= 4 is 17.0 Å². The fourth-order valence-electron chi connectivity index (χ4n) is 3.17. The molecule has 0 aromatic carbocycles. The summed E-state index contributed by atoms with van der Waals surface area (Å²) < 4.78 is 5.49. The highest BCUT2D eigenvalue weighted by atomic mass is 16.3. The molecule has 4 heterocycles. The normalized spacial score (nSPS) is 11.3. The fraction of sp³-hybridized carbons (Fsp3) is 0.333. The minimum absolute atomic E-state index is 0.693. The van der Waals surface area contributed by atoms with Crippen molar-refractivity contribution < 1.29 is 4.42 Å². The first-order valence-corrected chi connectivity index (χ1v) is 8.67.